The van der Waals surface area contributed by atoms with Gasteiger partial charge >= 0.3 is 6.03 Å². The maximum Gasteiger partial charge on any atom is 0.325 e. The van der Waals surface area contributed by atoms with Gasteiger partial charge in [-0.1, -0.05) is 23.2 Å². The number of fused-ring (bicyclic) bond motifs is 4. The van der Waals surface area contributed by atoms with Crippen molar-refractivity contribution in [2.75, 3.05) is 12.0 Å². The Morgan fingerprint density at radius 2 is 2.00 bits per heavy atom. The fraction of sp³-hybridized carbons (Fsp3) is 0.278. The summed E-state index contributed by atoms with van der Waals surface area (Å²) in [6.45, 7) is 1.89. The van der Waals surface area contributed by atoms with Gasteiger partial charge in [0.1, 0.15) is 11.5 Å². The Morgan fingerprint density at radius 1 is 1.28 bits per heavy atom. The number of benzene rings is 2. The molecule has 0 radical (unpaired) electrons. The molecule has 5 nitrogen and oxygen atoms in total. The molecule has 1 saturated heterocycles. The second-order valence-corrected chi connectivity index (χ2v) is 7.17. The third-order valence-electron chi connectivity index (χ3n) is 4.62. The Morgan fingerprint density at radius 3 is 2.68 bits per heavy atom. The molecule has 25 heavy (non-hydrogen) atoms. The number of urea groups is 1. The topological polar surface area (TPSA) is 50.8 Å². The number of hydrogen-bond donors (Lipinski definition) is 1. The standard InChI is InChI=1S/C18H16Cl2N2O3/c1-18-9-15(13-7-10(19)8-14(20)16(13)25-18)21-17(23)22(18)11-3-5-12(24-2)6-4-11/h3-8,15H,9H2,1-2H3,(H,21,23). The highest BCUT2D eigenvalue weighted by Gasteiger charge is 2.50. The van der Waals surface area contributed by atoms with Gasteiger partial charge in [-0.25, -0.2) is 4.79 Å². The minimum absolute atomic E-state index is 0.202. The summed E-state index contributed by atoms with van der Waals surface area (Å²) >= 11 is 12.4. The third-order valence-corrected chi connectivity index (χ3v) is 5.12. The number of anilines is 1. The molecule has 2 aromatic carbocycles. The zero-order chi connectivity index (χ0) is 17.8. The van der Waals surface area contributed by atoms with E-state index < -0.39 is 5.72 Å². The summed E-state index contributed by atoms with van der Waals surface area (Å²) in [7, 11) is 1.60. The van der Waals surface area contributed by atoms with Crippen LogP contribution in [0, 0.1) is 0 Å². The van der Waals surface area contributed by atoms with Crippen LogP contribution in [-0.4, -0.2) is 18.9 Å². The van der Waals surface area contributed by atoms with Gasteiger partial charge in [0.2, 0.25) is 0 Å². The van der Waals surface area contributed by atoms with Gasteiger partial charge in [-0.2, -0.15) is 0 Å². The van der Waals surface area contributed by atoms with E-state index in [0.717, 1.165) is 11.3 Å². The normalized spacial score (nSPS) is 24.2. The number of carbonyl (C=O) groups excluding carboxylic acids is 1. The summed E-state index contributed by atoms with van der Waals surface area (Å²) in [5, 5.41) is 3.97. The summed E-state index contributed by atoms with van der Waals surface area (Å²) in [4.78, 5) is 14.4. The molecule has 7 heteroatoms. The first-order valence-corrected chi connectivity index (χ1v) is 8.59. The van der Waals surface area contributed by atoms with Crippen molar-refractivity contribution in [1.29, 1.82) is 0 Å². The predicted octanol–water partition coefficient (Wildman–Crippen LogP) is 4.77. The van der Waals surface area contributed by atoms with Crippen molar-refractivity contribution in [3.05, 3.63) is 52.0 Å². The quantitative estimate of drug-likeness (QED) is 0.818. The Kier molecular flexibility index (Phi) is 3.74. The largest absolute Gasteiger partial charge is 0.497 e. The van der Waals surface area contributed by atoms with Crippen molar-refractivity contribution in [3.8, 4) is 11.5 Å². The first-order valence-electron chi connectivity index (χ1n) is 7.84. The fourth-order valence-electron chi connectivity index (χ4n) is 3.51. The first-order chi connectivity index (χ1) is 11.9. The molecule has 2 aromatic rings. The molecule has 2 unspecified atom stereocenters. The molecule has 1 N–H and O–H groups in total. The van der Waals surface area contributed by atoms with Crippen LogP contribution in [0.1, 0.15) is 24.9 Å². The van der Waals surface area contributed by atoms with Crippen LogP contribution in [0.25, 0.3) is 0 Å². The molecule has 2 amide bonds. The zero-order valence-corrected chi connectivity index (χ0v) is 15.2. The monoisotopic (exact) mass is 378 g/mol. The van der Waals surface area contributed by atoms with Gasteiger partial charge in [-0.3, -0.25) is 4.90 Å². The molecule has 2 bridgehead atoms. The number of hydrogen-bond acceptors (Lipinski definition) is 3. The maximum atomic E-state index is 12.8. The van der Waals surface area contributed by atoms with Gasteiger partial charge in [0, 0.05) is 22.7 Å². The number of nitrogens with zero attached hydrogens (tertiary/aromatic N) is 1. The number of ether oxygens (including phenoxy) is 2. The Balaban J connectivity index is 1.78. The van der Waals surface area contributed by atoms with E-state index in [1.165, 1.54) is 0 Å². The van der Waals surface area contributed by atoms with Gasteiger partial charge in [0.05, 0.1) is 18.2 Å². The Bertz CT molecular complexity index is 856. The molecule has 0 spiro atoms. The zero-order valence-electron chi connectivity index (χ0n) is 13.7. The van der Waals surface area contributed by atoms with Crippen LogP contribution < -0.4 is 19.7 Å². The minimum Gasteiger partial charge on any atom is -0.497 e. The van der Waals surface area contributed by atoms with E-state index in [9.17, 15) is 4.79 Å². The smallest absolute Gasteiger partial charge is 0.325 e. The van der Waals surface area contributed by atoms with Crippen molar-refractivity contribution >= 4 is 34.9 Å². The molecular weight excluding hydrogens is 363 g/mol. The molecule has 0 aromatic heterocycles. The second kappa shape index (κ2) is 5.71. The summed E-state index contributed by atoms with van der Waals surface area (Å²) < 4.78 is 11.4. The molecule has 0 saturated carbocycles. The molecule has 1 fully saturated rings. The third kappa shape index (κ3) is 2.58. The van der Waals surface area contributed by atoms with Crippen LogP contribution in [0.4, 0.5) is 10.5 Å². The number of nitrogens with one attached hydrogen (secondary N) is 1. The van der Waals surface area contributed by atoms with Crippen molar-refractivity contribution in [1.82, 2.24) is 5.32 Å². The molecule has 4 rings (SSSR count). The lowest BCUT2D eigenvalue weighted by Crippen LogP contribution is -2.65. The van der Waals surface area contributed by atoms with E-state index in [1.54, 1.807) is 24.1 Å². The Hall–Kier alpha value is -2.11. The molecule has 2 heterocycles. The summed E-state index contributed by atoms with van der Waals surface area (Å²) in [6, 6.07) is 10.3. The van der Waals surface area contributed by atoms with E-state index in [2.05, 4.69) is 5.32 Å². The lowest BCUT2D eigenvalue weighted by Gasteiger charge is -2.50. The molecule has 0 aliphatic carbocycles. The number of methoxy groups -OCH3 is 1. The van der Waals surface area contributed by atoms with E-state index in [4.69, 9.17) is 32.7 Å². The predicted molar refractivity (Wildman–Crippen MR) is 96.9 cm³/mol. The van der Waals surface area contributed by atoms with Crippen LogP contribution in [0.3, 0.4) is 0 Å². The first kappa shape index (κ1) is 16.4. The molecular formula is C18H16Cl2N2O3. The summed E-state index contributed by atoms with van der Waals surface area (Å²) in [5.74, 6) is 1.28. The molecule has 2 aliphatic rings. The highest BCUT2D eigenvalue weighted by Crippen LogP contribution is 2.49. The highest BCUT2D eigenvalue weighted by atomic mass is 35.5. The van der Waals surface area contributed by atoms with Gasteiger partial charge in [-0.05, 0) is 43.3 Å². The summed E-state index contributed by atoms with van der Waals surface area (Å²) in [6.07, 6.45) is 0.578. The van der Waals surface area contributed by atoms with Crippen LogP contribution in [0.5, 0.6) is 11.5 Å². The van der Waals surface area contributed by atoms with E-state index in [0.29, 0.717) is 27.9 Å². The van der Waals surface area contributed by atoms with Crippen molar-refractivity contribution in [2.45, 2.75) is 25.1 Å². The SMILES string of the molecule is COc1ccc(N2C(=O)NC3CC2(C)Oc2c(Cl)cc(Cl)cc23)cc1. The van der Waals surface area contributed by atoms with Crippen molar-refractivity contribution in [2.24, 2.45) is 0 Å². The van der Waals surface area contributed by atoms with E-state index in [-0.39, 0.29) is 12.1 Å². The lowest BCUT2D eigenvalue weighted by molar-refractivity contribution is 0.0380. The number of amides is 2. The Labute approximate surface area is 155 Å². The van der Waals surface area contributed by atoms with Gasteiger partial charge in [0.15, 0.2) is 5.72 Å². The van der Waals surface area contributed by atoms with Crippen molar-refractivity contribution < 1.29 is 14.3 Å². The van der Waals surface area contributed by atoms with Gasteiger partial charge in [-0.15, -0.1) is 0 Å². The lowest BCUT2D eigenvalue weighted by atomic mass is 9.90. The fourth-order valence-corrected chi connectivity index (χ4v) is 4.06. The second-order valence-electron chi connectivity index (χ2n) is 6.32. The molecule has 2 aliphatic heterocycles. The van der Waals surface area contributed by atoms with Crippen LogP contribution in [0.15, 0.2) is 36.4 Å². The minimum atomic E-state index is -0.855. The molecule has 130 valence electrons. The number of halogens is 2. The van der Waals surface area contributed by atoms with E-state index in [1.807, 2.05) is 31.2 Å². The van der Waals surface area contributed by atoms with E-state index >= 15 is 0 Å². The van der Waals surface area contributed by atoms with Crippen LogP contribution in [-0.2, 0) is 0 Å². The summed E-state index contributed by atoms with van der Waals surface area (Å²) in [5.41, 5.74) is 0.664. The maximum absolute atomic E-state index is 12.8. The van der Waals surface area contributed by atoms with Gasteiger partial charge in [0.25, 0.3) is 0 Å². The van der Waals surface area contributed by atoms with Crippen molar-refractivity contribution in [3.63, 3.8) is 0 Å². The van der Waals surface area contributed by atoms with Crippen LogP contribution in [0.2, 0.25) is 10.0 Å². The number of carbonyl (C=O) groups is 1. The average Bonchev–Trinajstić information content (AvgIpc) is 2.56. The molecule has 2 atom stereocenters. The average molecular weight is 379 g/mol. The number of rotatable bonds is 2. The van der Waals surface area contributed by atoms with Gasteiger partial charge < -0.3 is 14.8 Å². The highest BCUT2D eigenvalue weighted by molar-refractivity contribution is 6.35. The van der Waals surface area contributed by atoms with Crippen LogP contribution >= 0.6 is 23.2 Å².